The molecular formula is C17H24N2O2S. The number of thioether (sulfide) groups is 1. The van der Waals surface area contributed by atoms with E-state index in [1.165, 1.54) is 10.9 Å². The lowest BCUT2D eigenvalue weighted by Crippen LogP contribution is -2.29. The van der Waals surface area contributed by atoms with E-state index in [0.29, 0.717) is 6.61 Å². The molecule has 2 N–H and O–H groups in total. The molecule has 0 aliphatic carbocycles. The number of unbranched alkanes of at least 4 members (excludes halogenated alkanes) is 1. The summed E-state index contributed by atoms with van der Waals surface area (Å²) in [5.41, 5.74) is 4.49. The molecule has 1 aromatic heterocycles. The van der Waals surface area contributed by atoms with Crippen molar-refractivity contribution in [2.24, 2.45) is 0 Å². The van der Waals surface area contributed by atoms with Crippen molar-refractivity contribution in [1.29, 1.82) is 0 Å². The molecular weight excluding hydrogens is 296 g/mol. The third kappa shape index (κ3) is 5.57. The smallest absolute Gasteiger partial charge is 0.130 e. The average molecular weight is 320 g/mol. The lowest BCUT2D eigenvalue weighted by Gasteiger charge is -2.15. The number of fused-ring (bicyclic) bond motifs is 1. The minimum atomic E-state index is -0.270. The van der Waals surface area contributed by atoms with E-state index < -0.39 is 0 Å². The van der Waals surface area contributed by atoms with Crippen LogP contribution in [0.3, 0.4) is 0 Å². The predicted molar refractivity (Wildman–Crippen MR) is 92.1 cm³/mol. The summed E-state index contributed by atoms with van der Waals surface area (Å²) in [6.07, 6.45) is 4.57. The Labute approximate surface area is 136 Å². The molecule has 2 rings (SSSR count). The summed E-state index contributed by atoms with van der Waals surface area (Å²) in [6, 6.07) is 10.3. The van der Waals surface area contributed by atoms with Gasteiger partial charge in [0, 0.05) is 23.9 Å². The fourth-order valence-corrected chi connectivity index (χ4v) is 3.05. The molecule has 0 saturated carbocycles. The maximum atomic E-state index is 9.07. The maximum Gasteiger partial charge on any atom is 0.130 e. The number of nitrogens with zero attached hydrogens (tertiary/aromatic N) is 1. The minimum Gasteiger partial charge on any atom is -0.361 e. The van der Waals surface area contributed by atoms with Gasteiger partial charge in [0.1, 0.15) is 6.23 Å². The van der Waals surface area contributed by atoms with E-state index in [4.69, 9.17) is 9.94 Å². The Morgan fingerprint density at radius 1 is 1.36 bits per heavy atom. The van der Waals surface area contributed by atoms with E-state index in [9.17, 15) is 0 Å². The third-order valence-electron chi connectivity index (χ3n) is 3.40. The second kappa shape index (κ2) is 9.79. The Bertz CT molecular complexity index is 565. The van der Waals surface area contributed by atoms with E-state index in [0.717, 1.165) is 36.3 Å². The van der Waals surface area contributed by atoms with Crippen LogP contribution >= 0.6 is 11.8 Å². The van der Waals surface area contributed by atoms with Crippen LogP contribution in [-0.2, 0) is 10.5 Å². The van der Waals surface area contributed by atoms with Crippen LogP contribution in [0, 0.1) is 0 Å². The van der Waals surface area contributed by atoms with Crippen molar-refractivity contribution in [3.63, 3.8) is 0 Å². The summed E-state index contributed by atoms with van der Waals surface area (Å²) in [5, 5.41) is 10.2. The topological polar surface area (TPSA) is 54.4 Å². The van der Waals surface area contributed by atoms with Crippen molar-refractivity contribution in [2.75, 3.05) is 12.4 Å². The fourth-order valence-electron chi connectivity index (χ4n) is 2.13. The lowest BCUT2D eigenvalue weighted by molar-refractivity contribution is -0.0535. The van der Waals surface area contributed by atoms with Crippen LogP contribution in [0.5, 0.6) is 0 Å². The molecule has 0 amide bonds. The molecule has 120 valence electrons. The SMILES string of the molecule is CCCCOC(CCSCc1cnc2ccccc2c1)NO. The number of ether oxygens (including phenoxy) is 1. The van der Waals surface area contributed by atoms with Crippen molar-refractivity contribution in [3.8, 4) is 0 Å². The Hall–Kier alpha value is -1.14. The molecule has 22 heavy (non-hydrogen) atoms. The van der Waals surface area contributed by atoms with E-state index in [2.05, 4.69) is 29.5 Å². The van der Waals surface area contributed by atoms with E-state index in [-0.39, 0.29) is 6.23 Å². The first kappa shape index (κ1) is 17.2. The number of benzene rings is 1. The first-order valence-electron chi connectivity index (χ1n) is 7.76. The Morgan fingerprint density at radius 3 is 3.05 bits per heavy atom. The lowest BCUT2D eigenvalue weighted by atomic mass is 10.2. The summed E-state index contributed by atoms with van der Waals surface area (Å²) in [7, 11) is 0. The second-order valence-corrected chi connectivity index (χ2v) is 6.32. The zero-order valence-corrected chi connectivity index (χ0v) is 13.8. The van der Waals surface area contributed by atoms with Gasteiger partial charge in [-0.2, -0.15) is 17.2 Å². The average Bonchev–Trinajstić information content (AvgIpc) is 2.57. The van der Waals surface area contributed by atoms with E-state index in [1.54, 1.807) is 0 Å². The van der Waals surface area contributed by atoms with Crippen molar-refractivity contribution in [1.82, 2.24) is 10.5 Å². The highest BCUT2D eigenvalue weighted by Gasteiger charge is 2.07. The van der Waals surface area contributed by atoms with Gasteiger partial charge in [0.2, 0.25) is 0 Å². The molecule has 2 aromatic rings. The standard InChI is InChI=1S/C17H24N2O2S/c1-2-3-9-21-17(19-20)8-10-22-13-14-11-15-6-4-5-7-16(15)18-12-14/h4-7,11-12,17,19-20H,2-3,8-10,13H2,1H3. The van der Waals surface area contributed by atoms with Gasteiger partial charge in [-0.05, 0) is 36.3 Å². The summed E-state index contributed by atoms with van der Waals surface area (Å²) in [4.78, 5) is 4.47. The van der Waals surface area contributed by atoms with Gasteiger partial charge in [0.25, 0.3) is 0 Å². The van der Waals surface area contributed by atoms with Gasteiger partial charge in [0.05, 0.1) is 5.52 Å². The van der Waals surface area contributed by atoms with Crippen molar-refractivity contribution in [3.05, 3.63) is 42.1 Å². The highest BCUT2D eigenvalue weighted by Crippen LogP contribution is 2.18. The number of aromatic nitrogens is 1. The number of hydroxylamine groups is 1. The Morgan fingerprint density at radius 2 is 2.23 bits per heavy atom. The molecule has 1 atom stereocenters. The van der Waals surface area contributed by atoms with Gasteiger partial charge in [-0.15, -0.1) is 0 Å². The molecule has 0 aliphatic rings. The van der Waals surface area contributed by atoms with Crippen molar-refractivity contribution < 1.29 is 9.94 Å². The number of hydrogen-bond acceptors (Lipinski definition) is 5. The van der Waals surface area contributed by atoms with Crippen molar-refractivity contribution >= 4 is 22.7 Å². The van der Waals surface area contributed by atoms with Crippen LogP contribution in [0.15, 0.2) is 36.5 Å². The van der Waals surface area contributed by atoms with Gasteiger partial charge in [-0.3, -0.25) is 4.98 Å². The quantitative estimate of drug-likeness (QED) is 0.394. The largest absolute Gasteiger partial charge is 0.361 e. The molecule has 0 bridgehead atoms. The molecule has 0 aliphatic heterocycles. The molecule has 0 radical (unpaired) electrons. The zero-order chi connectivity index (χ0) is 15.6. The normalized spacial score (nSPS) is 12.6. The molecule has 4 nitrogen and oxygen atoms in total. The number of hydrogen-bond donors (Lipinski definition) is 2. The second-order valence-electron chi connectivity index (χ2n) is 5.22. The molecule has 1 unspecified atom stereocenters. The van der Waals surface area contributed by atoms with Crippen LogP contribution in [-0.4, -0.2) is 28.8 Å². The number of nitrogens with one attached hydrogen (secondary N) is 1. The van der Waals surface area contributed by atoms with Gasteiger partial charge >= 0.3 is 0 Å². The Kier molecular flexibility index (Phi) is 7.66. The van der Waals surface area contributed by atoms with Crippen molar-refractivity contribution in [2.45, 2.75) is 38.2 Å². The summed E-state index contributed by atoms with van der Waals surface area (Å²) < 4.78 is 5.55. The van der Waals surface area contributed by atoms with Gasteiger partial charge < -0.3 is 9.94 Å². The molecule has 1 aromatic carbocycles. The fraction of sp³-hybridized carbons (Fsp3) is 0.471. The molecule has 0 saturated heterocycles. The molecule has 5 heteroatoms. The summed E-state index contributed by atoms with van der Waals surface area (Å²) in [6.45, 7) is 2.81. The van der Waals surface area contributed by atoms with Crippen LogP contribution in [0.2, 0.25) is 0 Å². The van der Waals surface area contributed by atoms with Gasteiger partial charge in [-0.25, -0.2) is 0 Å². The molecule has 1 heterocycles. The van der Waals surface area contributed by atoms with E-state index in [1.807, 2.05) is 36.2 Å². The summed E-state index contributed by atoms with van der Waals surface area (Å²) >= 11 is 1.83. The minimum absolute atomic E-state index is 0.270. The van der Waals surface area contributed by atoms with Crippen LogP contribution in [0.1, 0.15) is 31.7 Å². The predicted octanol–water partition coefficient (Wildman–Crippen LogP) is 3.98. The van der Waals surface area contributed by atoms with Gasteiger partial charge in [-0.1, -0.05) is 31.5 Å². The van der Waals surface area contributed by atoms with Crippen LogP contribution in [0.4, 0.5) is 0 Å². The van der Waals surface area contributed by atoms with Crippen LogP contribution in [0.25, 0.3) is 10.9 Å². The number of pyridine rings is 1. The molecule has 0 fully saturated rings. The molecule has 0 spiro atoms. The maximum absolute atomic E-state index is 9.07. The highest BCUT2D eigenvalue weighted by atomic mass is 32.2. The third-order valence-corrected chi connectivity index (χ3v) is 4.46. The number of rotatable bonds is 10. The highest BCUT2D eigenvalue weighted by molar-refractivity contribution is 7.98. The van der Waals surface area contributed by atoms with Gasteiger partial charge in [0.15, 0.2) is 0 Å². The zero-order valence-electron chi connectivity index (χ0n) is 13.0. The first-order valence-corrected chi connectivity index (χ1v) is 8.91. The number of para-hydroxylation sites is 1. The van der Waals surface area contributed by atoms with E-state index >= 15 is 0 Å². The monoisotopic (exact) mass is 320 g/mol. The van der Waals surface area contributed by atoms with Crippen LogP contribution < -0.4 is 5.48 Å². The Balaban J connectivity index is 1.72. The summed E-state index contributed by atoms with van der Waals surface area (Å²) in [5.74, 6) is 1.85. The first-order chi connectivity index (χ1) is 10.8.